The zero-order chi connectivity index (χ0) is 8.15. The maximum absolute atomic E-state index is 1.81. The first-order valence-electron chi connectivity index (χ1n) is 4.52. The van der Waals surface area contributed by atoms with Crippen molar-refractivity contribution in [1.82, 2.24) is 0 Å². The molecule has 0 radical (unpaired) electrons. The second-order valence-electron chi connectivity index (χ2n) is 4.36. The van der Waals surface area contributed by atoms with Gasteiger partial charge < -0.3 is 0 Å². The molecule has 0 spiro atoms. The maximum atomic E-state index is 1.81. The minimum Gasteiger partial charge on any atom is -0.0115 e. The molecule has 0 saturated heterocycles. The van der Waals surface area contributed by atoms with Crippen molar-refractivity contribution in [2.75, 3.05) is 0 Å². The molecule has 0 aliphatic heterocycles. The molecule has 10 heteroatoms. The summed E-state index contributed by atoms with van der Waals surface area (Å²) in [6.07, 6.45) is 0. The van der Waals surface area contributed by atoms with E-state index in [1.807, 2.05) is 0 Å². The molecule has 0 aliphatic carbocycles. The molecule has 0 atom stereocenters. The average molecular weight is 303 g/mol. The Morgan fingerprint density at radius 1 is 0.700 bits per heavy atom. The molecule has 0 fully saturated rings. The fourth-order valence-electron chi connectivity index (χ4n) is 1.71. The van der Waals surface area contributed by atoms with Gasteiger partial charge in [-0.05, 0) is 88.0 Å². The first-order chi connectivity index (χ1) is 4.52. The Hall–Kier alpha value is 2.17. The van der Waals surface area contributed by atoms with Gasteiger partial charge in [0.15, 0.2) is 0 Å². The van der Waals surface area contributed by atoms with E-state index in [9.17, 15) is 0 Å². The summed E-state index contributed by atoms with van der Waals surface area (Å²) >= 11 is 0. The smallest absolute Gasteiger partial charge is 0.00740 e. The normalized spacial score (nSPS) is 24.0. The minimum absolute atomic E-state index is 0.314. The second-order valence-corrected chi connectivity index (χ2v) is 118. The Morgan fingerprint density at radius 3 is 1.20 bits per heavy atom. The van der Waals surface area contributed by atoms with Gasteiger partial charge in [0.1, 0.15) is 0 Å². The van der Waals surface area contributed by atoms with E-state index in [1.54, 1.807) is 48.8 Å². The van der Waals surface area contributed by atoms with Gasteiger partial charge in [-0.3, -0.25) is 0 Å². The van der Waals surface area contributed by atoms with Crippen molar-refractivity contribution in [3.63, 3.8) is 0 Å². The number of rotatable bonds is 4. The third kappa shape index (κ3) is 8.27. The van der Waals surface area contributed by atoms with Crippen LogP contribution in [0.15, 0.2) is 0 Å². The molecule has 62 valence electrons. The van der Waals surface area contributed by atoms with Crippen LogP contribution < -0.4 is 0 Å². The predicted octanol–water partition coefficient (Wildman–Crippen LogP) is -9.70. The molecule has 0 heterocycles. The standard InChI is InChI=1S/H22Si10/c1-8(2)6-10(5)7-9(3)4/h8-10H,6-7H2,1-5H3. The predicted molar refractivity (Wildman–Crippen MR) is 88.2 cm³/mol. The van der Waals surface area contributed by atoms with Crippen molar-refractivity contribution in [2.45, 2.75) is 0 Å². The van der Waals surface area contributed by atoms with Crippen LogP contribution in [0.4, 0.5) is 0 Å². The van der Waals surface area contributed by atoms with Crippen LogP contribution in [0.5, 0.6) is 0 Å². The molecule has 0 unspecified atom stereocenters. The quantitative estimate of drug-likeness (QED) is 0.453. The molecule has 0 aromatic heterocycles. The van der Waals surface area contributed by atoms with E-state index in [4.69, 9.17) is 0 Å². The zero-order valence-electron chi connectivity index (χ0n) is 8.15. The van der Waals surface area contributed by atoms with Crippen LogP contribution in [0.3, 0.4) is 0 Å². The maximum Gasteiger partial charge on any atom is -0.00740 e. The van der Waals surface area contributed by atoms with Crippen molar-refractivity contribution in [2.24, 2.45) is 0 Å². The summed E-state index contributed by atoms with van der Waals surface area (Å²) in [5, 5.41) is 0. The van der Waals surface area contributed by atoms with Gasteiger partial charge in [0.2, 0.25) is 0 Å². The highest BCUT2D eigenvalue weighted by molar-refractivity contribution is 7.86. The Morgan fingerprint density at radius 2 is 1.00 bits per heavy atom. The van der Waals surface area contributed by atoms with Crippen LogP contribution in [-0.4, -0.2) is 88.0 Å². The third-order valence-corrected chi connectivity index (χ3v) is 142. The lowest BCUT2D eigenvalue weighted by molar-refractivity contribution is 3.65. The van der Waals surface area contributed by atoms with E-state index in [1.165, 1.54) is 0 Å². The minimum atomic E-state index is 0.314. The summed E-state index contributed by atoms with van der Waals surface area (Å²) in [6.45, 7) is 0. The van der Waals surface area contributed by atoms with Crippen LogP contribution in [0.2, 0.25) is 0 Å². The van der Waals surface area contributed by atoms with Gasteiger partial charge >= 0.3 is 0 Å². The Bertz CT molecular complexity index is 62.1. The summed E-state index contributed by atoms with van der Waals surface area (Å²) in [5.41, 5.74) is 0. The number of hydrogen-bond donors (Lipinski definition) is 0. The second kappa shape index (κ2) is 6.66. The Kier molecular flexibility index (Phi) is 8.10. The average Bonchev–Trinajstić information content (AvgIpc) is 1.58. The topological polar surface area (TPSA) is 0 Å². The van der Waals surface area contributed by atoms with Gasteiger partial charge in [-0.25, -0.2) is 0 Å². The van der Waals surface area contributed by atoms with E-state index in [-0.39, 0.29) is 0 Å². The van der Waals surface area contributed by atoms with E-state index in [0.717, 1.165) is 17.1 Å². The van der Waals surface area contributed by atoms with E-state index in [2.05, 4.69) is 0 Å². The molecule has 0 aliphatic rings. The summed E-state index contributed by atoms with van der Waals surface area (Å²) in [5.74, 6) is 0. The first-order valence-corrected chi connectivity index (χ1v) is 40.7. The highest BCUT2D eigenvalue weighted by atomic mass is 30.2. The molecule has 0 N–H and O–H groups in total. The van der Waals surface area contributed by atoms with Crippen LogP contribution in [0.25, 0.3) is 0 Å². The zero-order valence-corrected chi connectivity index (χ0v) is 24.4. The van der Waals surface area contributed by atoms with Crippen LogP contribution in [-0.2, 0) is 0 Å². The van der Waals surface area contributed by atoms with E-state index >= 15 is 0 Å². The van der Waals surface area contributed by atoms with Gasteiger partial charge in [0, 0.05) is 0 Å². The molecule has 0 bridgehead atoms. The molecule has 0 rings (SSSR count). The lowest BCUT2D eigenvalue weighted by Crippen LogP contribution is -2.48. The first kappa shape index (κ1) is 12.2. The molecule has 10 heavy (non-hydrogen) atoms. The molecular weight excluding hydrogens is 281 g/mol. The summed E-state index contributed by atoms with van der Waals surface area (Å²) < 4.78 is 0. The van der Waals surface area contributed by atoms with Gasteiger partial charge in [-0.2, -0.15) is 0 Å². The Labute approximate surface area is 87.4 Å². The van der Waals surface area contributed by atoms with Crippen LogP contribution in [0, 0.1) is 0 Å². The summed E-state index contributed by atoms with van der Waals surface area (Å²) in [7, 11) is 11.4. The highest BCUT2D eigenvalue weighted by Crippen LogP contribution is 1.73. The Balaban J connectivity index is 3.34. The molecular formula is H22Si10. The van der Waals surface area contributed by atoms with E-state index < -0.39 is 0 Å². The monoisotopic (exact) mass is 302 g/mol. The fraction of sp³-hybridized carbons (Fsp3) is 0. The largest absolute Gasteiger partial charge is 0.0115 e. The molecule has 0 nitrogen and oxygen atoms in total. The van der Waals surface area contributed by atoms with Gasteiger partial charge in [0.05, 0.1) is 0 Å². The van der Waals surface area contributed by atoms with Gasteiger partial charge in [0.25, 0.3) is 0 Å². The molecule has 0 aromatic rings. The molecule has 0 aromatic carbocycles. The summed E-state index contributed by atoms with van der Waals surface area (Å²) in [6, 6.07) is 0. The SMILES string of the molecule is [SiH3][SiH]([SiH3])[SiH2][SiH]([SiH3])[SiH2][SiH]([SiH3])[SiH3]. The lowest BCUT2D eigenvalue weighted by Gasteiger charge is -2.11. The summed E-state index contributed by atoms with van der Waals surface area (Å²) in [4.78, 5) is 0. The fourth-order valence-corrected chi connectivity index (χ4v) is 414. The van der Waals surface area contributed by atoms with Crippen molar-refractivity contribution in [3.8, 4) is 0 Å². The van der Waals surface area contributed by atoms with Gasteiger partial charge in [-0.15, -0.1) is 0 Å². The van der Waals surface area contributed by atoms with Crippen molar-refractivity contribution >= 4 is 88.0 Å². The highest BCUT2D eigenvalue weighted by Gasteiger charge is 2.10. The van der Waals surface area contributed by atoms with Gasteiger partial charge in [-0.1, -0.05) is 0 Å². The van der Waals surface area contributed by atoms with E-state index in [0.29, 0.717) is 22.0 Å². The van der Waals surface area contributed by atoms with Crippen molar-refractivity contribution < 1.29 is 0 Å². The molecule has 0 saturated carbocycles. The van der Waals surface area contributed by atoms with Crippen molar-refractivity contribution in [3.05, 3.63) is 0 Å². The number of hydrogen-bond acceptors (Lipinski definition) is 0. The van der Waals surface area contributed by atoms with Crippen LogP contribution in [0.1, 0.15) is 0 Å². The molecule has 0 amide bonds. The lowest BCUT2D eigenvalue weighted by atomic mass is 26.0. The van der Waals surface area contributed by atoms with Crippen molar-refractivity contribution in [1.29, 1.82) is 0 Å². The third-order valence-electron chi connectivity index (χ3n) is 1.75. The van der Waals surface area contributed by atoms with Crippen LogP contribution >= 0.6 is 0 Å².